The number of likely N-dealkylation sites (tertiary alicyclic amines) is 1. The minimum Gasteiger partial charge on any atom is -0.497 e. The van der Waals surface area contributed by atoms with E-state index in [1.54, 1.807) is 12.0 Å². The third-order valence-electron chi connectivity index (χ3n) is 5.26. The molecule has 3 heterocycles. The lowest BCUT2D eigenvalue weighted by Crippen LogP contribution is -2.39. The van der Waals surface area contributed by atoms with Crippen LogP contribution in [-0.2, 0) is 11.3 Å². The molecular weight excluding hydrogens is 362 g/mol. The second kappa shape index (κ2) is 7.34. The Kier molecular flexibility index (Phi) is 4.72. The molecule has 0 aliphatic carbocycles. The van der Waals surface area contributed by atoms with Crippen LogP contribution in [-0.4, -0.2) is 62.1 Å². The van der Waals surface area contributed by atoms with E-state index in [9.17, 15) is 9.59 Å². The summed E-state index contributed by atoms with van der Waals surface area (Å²) < 4.78 is 6.61. The predicted octanol–water partition coefficient (Wildman–Crippen LogP) is 1.87. The van der Waals surface area contributed by atoms with Gasteiger partial charge in [-0.3, -0.25) is 4.79 Å². The van der Waals surface area contributed by atoms with Gasteiger partial charge in [-0.25, -0.2) is 9.48 Å². The van der Waals surface area contributed by atoms with Crippen molar-refractivity contribution in [2.75, 3.05) is 20.2 Å². The maximum Gasteiger partial charge on any atom is 0.358 e. The summed E-state index contributed by atoms with van der Waals surface area (Å²) in [7, 11) is 1.66. The van der Waals surface area contributed by atoms with E-state index in [4.69, 9.17) is 9.84 Å². The fourth-order valence-corrected chi connectivity index (χ4v) is 3.74. The first-order valence-corrected chi connectivity index (χ1v) is 9.11. The molecule has 2 aromatic heterocycles. The number of H-pyrrole nitrogens is 1. The predicted molar refractivity (Wildman–Crippen MR) is 100 cm³/mol. The molecule has 3 aromatic rings. The zero-order valence-electron chi connectivity index (χ0n) is 15.5. The number of hydrogen-bond donors (Lipinski definition) is 2. The van der Waals surface area contributed by atoms with Crippen LogP contribution >= 0.6 is 0 Å². The highest BCUT2D eigenvalue weighted by Gasteiger charge is 2.26. The Labute approximate surface area is 160 Å². The SMILES string of the molecule is COc1ccc2[nH]cc(C3CCN(C(=O)Cn4cc(C(=O)O)nn4)CC3)c2c1. The molecule has 0 atom stereocenters. The average molecular weight is 383 g/mol. The van der Waals surface area contributed by atoms with Gasteiger partial charge in [-0.05, 0) is 42.5 Å². The van der Waals surface area contributed by atoms with Crippen molar-refractivity contribution in [3.63, 3.8) is 0 Å². The summed E-state index contributed by atoms with van der Waals surface area (Å²) in [6, 6.07) is 5.99. The molecule has 146 valence electrons. The van der Waals surface area contributed by atoms with Gasteiger partial charge in [0.2, 0.25) is 5.91 Å². The summed E-state index contributed by atoms with van der Waals surface area (Å²) >= 11 is 0. The number of carbonyl (C=O) groups is 2. The van der Waals surface area contributed by atoms with E-state index in [1.807, 2.05) is 18.2 Å². The molecule has 0 unspecified atom stereocenters. The molecule has 1 amide bonds. The van der Waals surface area contributed by atoms with Crippen molar-refractivity contribution in [2.45, 2.75) is 25.3 Å². The van der Waals surface area contributed by atoms with Crippen molar-refractivity contribution in [1.29, 1.82) is 0 Å². The molecule has 1 fully saturated rings. The molecule has 1 aromatic carbocycles. The summed E-state index contributed by atoms with van der Waals surface area (Å²) in [5.74, 6) is -0.0415. The minimum atomic E-state index is -1.16. The van der Waals surface area contributed by atoms with Crippen LogP contribution in [0.4, 0.5) is 0 Å². The number of piperidine rings is 1. The molecule has 1 saturated heterocycles. The maximum absolute atomic E-state index is 12.5. The summed E-state index contributed by atoms with van der Waals surface area (Å²) in [5, 5.41) is 17.3. The number of carboxylic acid groups (broad SMARTS) is 1. The number of amides is 1. The Balaban J connectivity index is 1.40. The van der Waals surface area contributed by atoms with Crippen molar-refractivity contribution in [2.24, 2.45) is 0 Å². The van der Waals surface area contributed by atoms with Gasteiger partial charge in [-0.15, -0.1) is 5.10 Å². The van der Waals surface area contributed by atoms with Gasteiger partial charge in [0.1, 0.15) is 12.3 Å². The van der Waals surface area contributed by atoms with Crippen molar-refractivity contribution < 1.29 is 19.4 Å². The van der Waals surface area contributed by atoms with Crippen molar-refractivity contribution in [3.05, 3.63) is 41.9 Å². The molecule has 9 nitrogen and oxygen atoms in total. The van der Waals surface area contributed by atoms with Gasteiger partial charge < -0.3 is 19.7 Å². The Morgan fingerprint density at radius 3 is 2.79 bits per heavy atom. The normalized spacial score (nSPS) is 15.1. The highest BCUT2D eigenvalue weighted by atomic mass is 16.5. The second-order valence-corrected chi connectivity index (χ2v) is 6.92. The quantitative estimate of drug-likeness (QED) is 0.695. The number of aromatic amines is 1. The van der Waals surface area contributed by atoms with Crippen LogP contribution in [0, 0.1) is 0 Å². The van der Waals surface area contributed by atoms with E-state index in [0.717, 1.165) is 29.5 Å². The summed E-state index contributed by atoms with van der Waals surface area (Å²) in [5.41, 5.74) is 2.17. The number of carboxylic acids is 1. The lowest BCUT2D eigenvalue weighted by Gasteiger charge is -2.32. The first-order chi connectivity index (χ1) is 13.5. The summed E-state index contributed by atoms with van der Waals surface area (Å²) in [6.07, 6.45) is 5.06. The lowest BCUT2D eigenvalue weighted by atomic mass is 9.89. The van der Waals surface area contributed by atoms with Gasteiger partial charge in [0, 0.05) is 30.2 Å². The third kappa shape index (κ3) is 3.42. The molecule has 2 N–H and O–H groups in total. The van der Waals surface area contributed by atoms with Crippen molar-refractivity contribution >= 4 is 22.8 Å². The van der Waals surface area contributed by atoms with Crippen LogP contribution < -0.4 is 4.74 Å². The lowest BCUT2D eigenvalue weighted by molar-refractivity contribution is -0.133. The van der Waals surface area contributed by atoms with E-state index in [-0.39, 0.29) is 18.1 Å². The van der Waals surface area contributed by atoms with Gasteiger partial charge >= 0.3 is 5.97 Å². The number of benzene rings is 1. The number of hydrogen-bond acceptors (Lipinski definition) is 5. The van der Waals surface area contributed by atoms with E-state index in [1.165, 1.54) is 16.4 Å². The molecule has 28 heavy (non-hydrogen) atoms. The summed E-state index contributed by atoms with van der Waals surface area (Å²) in [6.45, 7) is 1.30. The van der Waals surface area contributed by atoms with E-state index in [0.29, 0.717) is 19.0 Å². The fraction of sp³-hybridized carbons (Fsp3) is 0.368. The monoisotopic (exact) mass is 383 g/mol. The van der Waals surface area contributed by atoms with Gasteiger partial charge in [-0.1, -0.05) is 5.21 Å². The fourth-order valence-electron chi connectivity index (χ4n) is 3.74. The molecule has 0 bridgehead atoms. The Bertz CT molecular complexity index is 1020. The molecule has 9 heteroatoms. The molecule has 4 rings (SSSR count). The number of aromatic carboxylic acids is 1. The third-order valence-corrected chi connectivity index (χ3v) is 5.26. The zero-order valence-corrected chi connectivity index (χ0v) is 15.5. The number of methoxy groups -OCH3 is 1. The van der Waals surface area contributed by atoms with Crippen LogP contribution in [0.2, 0.25) is 0 Å². The highest BCUT2D eigenvalue weighted by molar-refractivity contribution is 5.85. The topological polar surface area (TPSA) is 113 Å². The number of carbonyl (C=O) groups excluding carboxylic acids is 1. The van der Waals surface area contributed by atoms with Gasteiger partial charge in [0.15, 0.2) is 5.69 Å². The second-order valence-electron chi connectivity index (χ2n) is 6.92. The number of nitrogens with one attached hydrogen (secondary N) is 1. The molecule has 0 spiro atoms. The Hall–Kier alpha value is -3.36. The van der Waals surface area contributed by atoms with Crippen LogP contribution in [0.25, 0.3) is 10.9 Å². The zero-order chi connectivity index (χ0) is 19.7. The van der Waals surface area contributed by atoms with Gasteiger partial charge in [-0.2, -0.15) is 0 Å². The average Bonchev–Trinajstić information content (AvgIpc) is 3.34. The Morgan fingerprint density at radius 2 is 2.11 bits per heavy atom. The molecule has 1 aliphatic rings. The molecule has 0 radical (unpaired) electrons. The highest BCUT2D eigenvalue weighted by Crippen LogP contribution is 2.34. The smallest absolute Gasteiger partial charge is 0.358 e. The van der Waals surface area contributed by atoms with Gasteiger partial charge in [0.25, 0.3) is 0 Å². The maximum atomic E-state index is 12.5. The van der Waals surface area contributed by atoms with Crippen LogP contribution in [0.3, 0.4) is 0 Å². The number of aromatic nitrogens is 4. The summed E-state index contributed by atoms with van der Waals surface area (Å²) in [4.78, 5) is 28.5. The van der Waals surface area contributed by atoms with Gasteiger partial charge in [0.05, 0.1) is 13.3 Å². The van der Waals surface area contributed by atoms with E-state index in [2.05, 4.69) is 21.5 Å². The molecule has 1 aliphatic heterocycles. The number of ether oxygens (including phenoxy) is 1. The van der Waals surface area contributed by atoms with Crippen LogP contribution in [0.15, 0.2) is 30.6 Å². The number of nitrogens with zero attached hydrogens (tertiary/aromatic N) is 4. The van der Waals surface area contributed by atoms with E-state index < -0.39 is 5.97 Å². The molecule has 0 saturated carbocycles. The number of fused-ring (bicyclic) bond motifs is 1. The van der Waals surface area contributed by atoms with Crippen LogP contribution in [0.5, 0.6) is 5.75 Å². The van der Waals surface area contributed by atoms with Crippen molar-refractivity contribution in [3.8, 4) is 5.75 Å². The largest absolute Gasteiger partial charge is 0.497 e. The first-order valence-electron chi connectivity index (χ1n) is 9.11. The molecular formula is C19H21N5O4. The minimum absolute atomic E-state index is 0.00473. The standard InChI is InChI=1S/C19H21N5O4/c1-28-13-2-3-16-14(8-13)15(9-20-16)12-4-6-23(7-5-12)18(25)11-24-10-17(19(26)27)21-22-24/h2-3,8-10,12,20H,4-7,11H2,1H3,(H,26,27). The Morgan fingerprint density at radius 1 is 1.32 bits per heavy atom. The van der Waals surface area contributed by atoms with Crippen LogP contribution in [0.1, 0.15) is 34.8 Å². The number of rotatable bonds is 5. The first kappa shape index (κ1) is 18.0. The van der Waals surface area contributed by atoms with E-state index >= 15 is 0 Å². The van der Waals surface area contributed by atoms with Crippen molar-refractivity contribution in [1.82, 2.24) is 24.9 Å².